The Morgan fingerprint density at radius 3 is 2.69 bits per heavy atom. The number of hydrogen-bond donors (Lipinski definition) is 0. The highest BCUT2D eigenvalue weighted by atomic mass is 16.5. The molecule has 1 rings (SSSR count). The first-order chi connectivity index (χ1) is 7.54. The van der Waals surface area contributed by atoms with Crippen molar-refractivity contribution < 1.29 is 4.74 Å². The largest absolute Gasteiger partial charge is 0.374 e. The van der Waals surface area contributed by atoms with Gasteiger partial charge >= 0.3 is 0 Å². The zero-order chi connectivity index (χ0) is 12.1. The molecule has 3 nitrogen and oxygen atoms in total. The summed E-state index contributed by atoms with van der Waals surface area (Å²) in [6, 6.07) is 0.586. The van der Waals surface area contributed by atoms with E-state index in [1.165, 1.54) is 6.42 Å². The normalized spacial score (nSPS) is 27.9. The highest BCUT2D eigenvalue weighted by molar-refractivity contribution is 4.83. The Morgan fingerprint density at radius 2 is 2.12 bits per heavy atom. The second kappa shape index (κ2) is 6.58. The number of rotatable bonds is 5. The van der Waals surface area contributed by atoms with E-state index in [0.717, 1.165) is 32.2 Å². The van der Waals surface area contributed by atoms with E-state index in [4.69, 9.17) is 4.74 Å². The second-order valence-corrected chi connectivity index (χ2v) is 5.48. The lowest BCUT2D eigenvalue weighted by Gasteiger charge is -2.40. The van der Waals surface area contributed by atoms with E-state index in [9.17, 15) is 0 Å². The molecule has 0 N–H and O–H groups in total. The molecule has 16 heavy (non-hydrogen) atoms. The van der Waals surface area contributed by atoms with Crippen LogP contribution < -0.4 is 0 Å². The first-order valence-corrected chi connectivity index (χ1v) is 6.55. The Hall–Kier alpha value is -0.120. The maximum atomic E-state index is 5.92. The van der Waals surface area contributed by atoms with Gasteiger partial charge in [-0.15, -0.1) is 0 Å². The van der Waals surface area contributed by atoms with Crippen LogP contribution in [0.1, 0.15) is 27.2 Å². The summed E-state index contributed by atoms with van der Waals surface area (Å²) >= 11 is 0. The van der Waals surface area contributed by atoms with Crippen molar-refractivity contribution in [2.75, 3.05) is 40.3 Å². The van der Waals surface area contributed by atoms with Gasteiger partial charge in [0.2, 0.25) is 0 Å². The molecule has 1 aliphatic heterocycles. The monoisotopic (exact) mass is 228 g/mol. The third kappa shape index (κ3) is 4.04. The minimum Gasteiger partial charge on any atom is -0.374 e. The summed E-state index contributed by atoms with van der Waals surface area (Å²) < 4.78 is 5.92. The average molecular weight is 228 g/mol. The molecular formula is C13H28N2O. The van der Waals surface area contributed by atoms with Crippen LogP contribution in [0.2, 0.25) is 0 Å². The molecule has 0 unspecified atom stereocenters. The van der Waals surface area contributed by atoms with Gasteiger partial charge in [-0.1, -0.05) is 20.8 Å². The van der Waals surface area contributed by atoms with E-state index in [1.807, 2.05) is 0 Å². The molecule has 2 atom stereocenters. The molecule has 0 amide bonds. The Labute approximate surface area is 101 Å². The highest BCUT2D eigenvalue weighted by Gasteiger charge is 2.29. The van der Waals surface area contributed by atoms with Gasteiger partial charge in [0.15, 0.2) is 0 Å². The van der Waals surface area contributed by atoms with Crippen LogP contribution in [0.3, 0.4) is 0 Å². The van der Waals surface area contributed by atoms with Gasteiger partial charge in [0.05, 0.1) is 12.7 Å². The van der Waals surface area contributed by atoms with Gasteiger partial charge < -0.3 is 9.64 Å². The van der Waals surface area contributed by atoms with Crippen molar-refractivity contribution in [1.82, 2.24) is 9.80 Å². The van der Waals surface area contributed by atoms with Crippen molar-refractivity contribution in [2.45, 2.75) is 39.3 Å². The number of hydrogen-bond acceptors (Lipinski definition) is 3. The molecule has 0 aromatic carbocycles. The zero-order valence-corrected chi connectivity index (χ0v) is 11.6. The summed E-state index contributed by atoms with van der Waals surface area (Å²) in [4.78, 5) is 4.84. The summed E-state index contributed by atoms with van der Waals surface area (Å²) in [5, 5.41) is 0. The molecule has 1 fully saturated rings. The lowest BCUT2D eigenvalue weighted by Crippen LogP contribution is -2.53. The fourth-order valence-electron chi connectivity index (χ4n) is 2.66. The predicted molar refractivity (Wildman–Crippen MR) is 68.8 cm³/mol. The molecule has 1 aliphatic rings. The lowest BCUT2D eigenvalue weighted by molar-refractivity contribution is -0.0734. The summed E-state index contributed by atoms with van der Waals surface area (Å²) in [6.45, 7) is 11.0. The Bertz CT molecular complexity index is 196. The van der Waals surface area contributed by atoms with Crippen LogP contribution in [0.25, 0.3) is 0 Å². The van der Waals surface area contributed by atoms with Crippen molar-refractivity contribution in [3.8, 4) is 0 Å². The van der Waals surface area contributed by atoms with Gasteiger partial charge in [-0.25, -0.2) is 0 Å². The quantitative estimate of drug-likeness (QED) is 0.712. The molecule has 1 saturated heterocycles. The minimum atomic E-state index is 0.382. The number of nitrogens with zero attached hydrogens (tertiary/aromatic N) is 2. The van der Waals surface area contributed by atoms with E-state index in [2.05, 4.69) is 44.7 Å². The number of likely N-dealkylation sites (N-methyl/N-ethyl adjacent to an activating group) is 2. The highest BCUT2D eigenvalue weighted by Crippen LogP contribution is 2.16. The summed E-state index contributed by atoms with van der Waals surface area (Å²) in [6.07, 6.45) is 1.56. The first kappa shape index (κ1) is 13.9. The van der Waals surface area contributed by atoms with Gasteiger partial charge in [0.25, 0.3) is 0 Å². The van der Waals surface area contributed by atoms with Crippen LogP contribution in [0.15, 0.2) is 0 Å². The van der Waals surface area contributed by atoms with Gasteiger partial charge in [0, 0.05) is 25.7 Å². The Morgan fingerprint density at radius 1 is 1.44 bits per heavy atom. The molecule has 0 aromatic heterocycles. The summed E-state index contributed by atoms with van der Waals surface area (Å²) in [7, 11) is 4.41. The maximum absolute atomic E-state index is 5.92. The van der Waals surface area contributed by atoms with Crippen molar-refractivity contribution in [3.63, 3.8) is 0 Å². The van der Waals surface area contributed by atoms with Crippen molar-refractivity contribution in [2.24, 2.45) is 5.92 Å². The van der Waals surface area contributed by atoms with Gasteiger partial charge in [-0.05, 0) is 26.4 Å². The molecule has 0 aromatic rings. The first-order valence-electron chi connectivity index (χ1n) is 6.55. The van der Waals surface area contributed by atoms with Gasteiger partial charge in [-0.3, -0.25) is 4.90 Å². The van der Waals surface area contributed by atoms with Crippen molar-refractivity contribution >= 4 is 0 Å². The van der Waals surface area contributed by atoms with Gasteiger partial charge in [0.1, 0.15) is 0 Å². The smallest absolute Gasteiger partial charge is 0.0857 e. The van der Waals surface area contributed by atoms with Crippen LogP contribution in [-0.2, 0) is 4.74 Å². The van der Waals surface area contributed by atoms with E-state index >= 15 is 0 Å². The molecule has 0 spiro atoms. The summed E-state index contributed by atoms with van der Waals surface area (Å²) in [5.41, 5.74) is 0. The topological polar surface area (TPSA) is 15.7 Å². The fourth-order valence-corrected chi connectivity index (χ4v) is 2.66. The van der Waals surface area contributed by atoms with E-state index in [0.29, 0.717) is 12.1 Å². The van der Waals surface area contributed by atoms with Crippen LogP contribution >= 0.6 is 0 Å². The molecule has 1 heterocycles. The zero-order valence-electron chi connectivity index (χ0n) is 11.6. The summed E-state index contributed by atoms with van der Waals surface area (Å²) in [5.74, 6) is 0.728. The predicted octanol–water partition coefficient (Wildman–Crippen LogP) is 1.68. The Kier molecular flexibility index (Phi) is 5.73. The van der Waals surface area contributed by atoms with E-state index in [1.54, 1.807) is 0 Å². The standard InChI is InChI=1S/C13H28N2O/c1-6-12-13(16-8-7-15(12)5)10-14(4)9-11(2)3/h11-13H,6-10H2,1-5H3/t12-,13-/m1/s1. The molecule has 0 aliphatic carbocycles. The van der Waals surface area contributed by atoms with Crippen LogP contribution in [-0.4, -0.2) is 62.3 Å². The maximum Gasteiger partial charge on any atom is 0.0857 e. The molecular weight excluding hydrogens is 200 g/mol. The van der Waals surface area contributed by atoms with E-state index < -0.39 is 0 Å². The number of morpholine rings is 1. The number of ether oxygens (including phenoxy) is 1. The average Bonchev–Trinajstić information content (AvgIpc) is 2.16. The second-order valence-electron chi connectivity index (χ2n) is 5.48. The third-order valence-electron chi connectivity index (χ3n) is 3.36. The lowest BCUT2D eigenvalue weighted by atomic mass is 10.0. The van der Waals surface area contributed by atoms with Gasteiger partial charge in [-0.2, -0.15) is 0 Å². The molecule has 3 heteroatoms. The van der Waals surface area contributed by atoms with Crippen molar-refractivity contribution in [1.29, 1.82) is 0 Å². The molecule has 96 valence electrons. The molecule has 0 saturated carbocycles. The van der Waals surface area contributed by atoms with Crippen LogP contribution in [0, 0.1) is 5.92 Å². The molecule has 0 radical (unpaired) electrons. The fraction of sp³-hybridized carbons (Fsp3) is 1.00. The van der Waals surface area contributed by atoms with E-state index in [-0.39, 0.29) is 0 Å². The molecule has 0 bridgehead atoms. The third-order valence-corrected chi connectivity index (χ3v) is 3.36. The Balaban J connectivity index is 2.44. The van der Waals surface area contributed by atoms with Crippen LogP contribution in [0.5, 0.6) is 0 Å². The van der Waals surface area contributed by atoms with Crippen LogP contribution in [0.4, 0.5) is 0 Å². The SMILES string of the molecule is CC[C@@H]1[C@@H](CN(C)CC(C)C)OCCN1C. The van der Waals surface area contributed by atoms with Crippen molar-refractivity contribution in [3.05, 3.63) is 0 Å². The minimum absolute atomic E-state index is 0.382.